The molecule has 1 aromatic heterocycles. The van der Waals surface area contributed by atoms with E-state index in [4.69, 9.17) is 9.84 Å². The standard InChI is InChI=1S/C13H16N2O4S/c1-2-5-19-13(18)15-4-3-9(7-15)12-14-10(8-20-12)6-11(16)17/h2,8-9H,1,3-7H2,(H,16,17). The normalized spacial score (nSPS) is 18.0. The fourth-order valence-electron chi connectivity index (χ4n) is 2.10. The number of amides is 1. The summed E-state index contributed by atoms with van der Waals surface area (Å²) < 4.78 is 4.99. The highest BCUT2D eigenvalue weighted by atomic mass is 32.1. The first-order chi connectivity index (χ1) is 9.60. The van der Waals surface area contributed by atoms with Gasteiger partial charge in [0.1, 0.15) is 6.61 Å². The van der Waals surface area contributed by atoms with Gasteiger partial charge in [-0.2, -0.15) is 0 Å². The maximum Gasteiger partial charge on any atom is 0.410 e. The second-order valence-corrected chi connectivity index (χ2v) is 5.43. The minimum absolute atomic E-state index is 0.0612. The summed E-state index contributed by atoms with van der Waals surface area (Å²) in [5.41, 5.74) is 0.574. The van der Waals surface area contributed by atoms with Gasteiger partial charge in [0.2, 0.25) is 0 Å². The number of carboxylic acids is 1. The van der Waals surface area contributed by atoms with E-state index in [1.54, 1.807) is 10.3 Å². The van der Waals surface area contributed by atoms with Crippen molar-refractivity contribution in [2.45, 2.75) is 18.8 Å². The van der Waals surface area contributed by atoms with Crippen molar-refractivity contribution in [3.8, 4) is 0 Å². The molecule has 1 aliphatic rings. The zero-order chi connectivity index (χ0) is 14.5. The average molecular weight is 296 g/mol. The van der Waals surface area contributed by atoms with Crippen LogP contribution < -0.4 is 0 Å². The lowest BCUT2D eigenvalue weighted by Crippen LogP contribution is -2.29. The molecule has 0 aliphatic carbocycles. The number of carbonyl (C=O) groups excluding carboxylic acids is 1. The molecule has 2 heterocycles. The highest BCUT2D eigenvalue weighted by molar-refractivity contribution is 7.09. The summed E-state index contributed by atoms with van der Waals surface area (Å²) in [6.07, 6.45) is 1.96. The number of thiazole rings is 1. The average Bonchev–Trinajstić information content (AvgIpc) is 3.03. The molecular weight excluding hydrogens is 280 g/mol. The van der Waals surface area contributed by atoms with Gasteiger partial charge in [-0.15, -0.1) is 11.3 Å². The molecule has 108 valence electrons. The van der Waals surface area contributed by atoms with Crippen LogP contribution in [0.15, 0.2) is 18.0 Å². The van der Waals surface area contributed by atoms with E-state index in [0.717, 1.165) is 11.4 Å². The number of ether oxygens (including phenoxy) is 1. The summed E-state index contributed by atoms with van der Waals surface area (Å²) in [5.74, 6) is -0.721. The number of rotatable bonds is 5. The first-order valence-electron chi connectivity index (χ1n) is 6.29. The van der Waals surface area contributed by atoms with Crippen LogP contribution in [0.25, 0.3) is 0 Å². The Morgan fingerprint density at radius 2 is 2.45 bits per heavy atom. The molecule has 20 heavy (non-hydrogen) atoms. The van der Waals surface area contributed by atoms with E-state index in [0.29, 0.717) is 18.8 Å². The van der Waals surface area contributed by atoms with Gasteiger partial charge in [-0.05, 0) is 6.42 Å². The van der Waals surface area contributed by atoms with E-state index in [2.05, 4.69) is 11.6 Å². The predicted octanol–water partition coefficient (Wildman–Crippen LogP) is 1.88. The summed E-state index contributed by atoms with van der Waals surface area (Å²) >= 11 is 1.45. The van der Waals surface area contributed by atoms with E-state index in [1.165, 1.54) is 17.4 Å². The van der Waals surface area contributed by atoms with Crippen LogP contribution in [0.5, 0.6) is 0 Å². The molecule has 7 heteroatoms. The molecule has 0 bridgehead atoms. The zero-order valence-corrected chi connectivity index (χ0v) is 11.8. The largest absolute Gasteiger partial charge is 0.481 e. The third-order valence-corrected chi connectivity index (χ3v) is 4.08. The lowest BCUT2D eigenvalue weighted by atomic mass is 10.1. The Labute approximate surface area is 120 Å². The van der Waals surface area contributed by atoms with E-state index >= 15 is 0 Å². The van der Waals surface area contributed by atoms with Crippen LogP contribution in [0.4, 0.5) is 4.79 Å². The van der Waals surface area contributed by atoms with Crippen molar-refractivity contribution < 1.29 is 19.4 Å². The maximum absolute atomic E-state index is 11.7. The minimum atomic E-state index is -0.886. The van der Waals surface area contributed by atoms with E-state index in [-0.39, 0.29) is 25.0 Å². The van der Waals surface area contributed by atoms with Crippen LogP contribution in [0, 0.1) is 0 Å². The molecule has 1 amide bonds. The Morgan fingerprint density at radius 3 is 3.15 bits per heavy atom. The topological polar surface area (TPSA) is 79.7 Å². The SMILES string of the molecule is C=CCOC(=O)N1CCC(c2nc(CC(=O)O)cs2)C1. The third-order valence-electron chi connectivity index (χ3n) is 3.02. The van der Waals surface area contributed by atoms with Crippen molar-refractivity contribution in [1.82, 2.24) is 9.88 Å². The van der Waals surface area contributed by atoms with Gasteiger partial charge in [0.25, 0.3) is 0 Å². The number of hydrogen-bond donors (Lipinski definition) is 1. The molecule has 1 aromatic rings. The molecule has 1 fully saturated rings. The molecule has 1 unspecified atom stereocenters. The summed E-state index contributed by atoms with van der Waals surface area (Å²) in [4.78, 5) is 28.3. The van der Waals surface area contributed by atoms with Crippen LogP contribution in [0.2, 0.25) is 0 Å². The van der Waals surface area contributed by atoms with Crippen molar-refractivity contribution in [3.05, 3.63) is 28.7 Å². The number of likely N-dealkylation sites (tertiary alicyclic amines) is 1. The van der Waals surface area contributed by atoms with E-state index in [1.807, 2.05) is 0 Å². The Hall–Kier alpha value is -1.89. The highest BCUT2D eigenvalue weighted by Crippen LogP contribution is 2.29. The van der Waals surface area contributed by atoms with Crippen molar-refractivity contribution in [2.75, 3.05) is 19.7 Å². The van der Waals surface area contributed by atoms with Crippen molar-refractivity contribution in [1.29, 1.82) is 0 Å². The van der Waals surface area contributed by atoms with Gasteiger partial charge in [-0.25, -0.2) is 9.78 Å². The number of hydrogen-bond acceptors (Lipinski definition) is 5. The first kappa shape index (κ1) is 14.5. The molecule has 0 radical (unpaired) electrons. The van der Waals surface area contributed by atoms with Crippen LogP contribution >= 0.6 is 11.3 Å². The van der Waals surface area contributed by atoms with Crippen LogP contribution in [0.1, 0.15) is 23.0 Å². The molecule has 1 atom stereocenters. The fourth-order valence-corrected chi connectivity index (χ4v) is 3.04. The van der Waals surface area contributed by atoms with Gasteiger partial charge in [0.05, 0.1) is 17.1 Å². The summed E-state index contributed by atoms with van der Waals surface area (Å²) in [6.45, 7) is 4.90. The number of carbonyl (C=O) groups is 2. The highest BCUT2D eigenvalue weighted by Gasteiger charge is 2.30. The van der Waals surface area contributed by atoms with Gasteiger partial charge < -0.3 is 14.7 Å². The molecule has 6 nitrogen and oxygen atoms in total. The van der Waals surface area contributed by atoms with Crippen molar-refractivity contribution >= 4 is 23.4 Å². The second kappa shape index (κ2) is 6.51. The van der Waals surface area contributed by atoms with Gasteiger partial charge in [-0.3, -0.25) is 4.79 Å². The number of aliphatic carboxylic acids is 1. The number of carboxylic acid groups (broad SMARTS) is 1. The van der Waals surface area contributed by atoms with Gasteiger partial charge >= 0.3 is 12.1 Å². The summed E-state index contributed by atoms with van der Waals surface area (Å²) in [6, 6.07) is 0. The second-order valence-electron chi connectivity index (χ2n) is 4.54. The van der Waals surface area contributed by atoms with Crippen LogP contribution in [0.3, 0.4) is 0 Å². The Morgan fingerprint density at radius 1 is 1.65 bits per heavy atom. The number of aromatic nitrogens is 1. The number of nitrogens with zero attached hydrogens (tertiary/aromatic N) is 2. The minimum Gasteiger partial charge on any atom is -0.481 e. The quantitative estimate of drug-likeness (QED) is 0.839. The maximum atomic E-state index is 11.7. The smallest absolute Gasteiger partial charge is 0.410 e. The molecule has 1 aliphatic heterocycles. The lowest BCUT2D eigenvalue weighted by Gasteiger charge is -2.14. The van der Waals surface area contributed by atoms with Crippen molar-refractivity contribution in [3.63, 3.8) is 0 Å². The summed E-state index contributed by atoms with van der Waals surface area (Å²) in [5, 5.41) is 11.4. The van der Waals surface area contributed by atoms with E-state index in [9.17, 15) is 9.59 Å². The Balaban J connectivity index is 1.92. The van der Waals surface area contributed by atoms with Gasteiger partial charge in [0.15, 0.2) is 0 Å². The zero-order valence-electron chi connectivity index (χ0n) is 10.9. The van der Waals surface area contributed by atoms with Crippen LogP contribution in [-0.4, -0.2) is 46.7 Å². The molecule has 1 N–H and O–H groups in total. The first-order valence-corrected chi connectivity index (χ1v) is 7.16. The summed E-state index contributed by atoms with van der Waals surface area (Å²) in [7, 11) is 0. The Kier molecular flexibility index (Phi) is 4.73. The lowest BCUT2D eigenvalue weighted by molar-refractivity contribution is -0.136. The monoisotopic (exact) mass is 296 g/mol. The fraction of sp³-hybridized carbons (Fsp3) is 0.462. The predicted molar refractivity (Wildman–Crippen MR) is 73.9 cm³/mol. The Bertz CT molecular complexity index is 514. The van der Waals surface area contributed by atoms with E-state index < -0.39 is 5.97 Å². The van der Waals surface area contributed by atoms with Crippen molar-refractivity contribution in [2.24, 2.45) is 0 Å². The molecule has 0 aromatic carbocycles. The molecule has 2 rings (SSSR count). The molecule has 0 spiro atoms. The molecule has 0 saturated carbocycles. The third kappa shape index (κ3) is 3.57. The molecule has 1 saturated heterocycles. The molecular formula is C13H16N2O4S. The van der Waals surface area contributed by atoms with Crippen LogP contribution in [-0.2, 0) is 16.0 Å². The van der Waals surface area contributed by atoms with Gasteiger partial charge in [0, 0.05) is 24.4 Å². The van der Waals surface area contributed by atoms with Gasteiger partial charge in [-0.1, -0.05) is 12.7 Å².